The number of carbonyl (C=O) groups is 1. The van der Waals surface area contributed by atoms with Gasteiger partial charge in [-0.2, -0.15) is 0 Å². The van der Waals surface area contributed by atoms with Gasteiger partial charge in [-0.1, -0.05) is 12.8 Å². The van der Waals surface area contributed by atoms with E-state index < -0.39 is 0 Å². The highest BCUT2D eigenvalue weighted by atomic mass is 16.2. The van der Waals surface area contributed by atoms with Crippen LogP contribution in [0.4, 0.5) is 0 Å². The molecule has 0 saturated heterocycles. The molecule has 1 aliphatic heterocycles. The van der Waals surface area contributed by atoms with Crippen molar-refractivity contribution in [2.45, 2.75) is 32.1 Å². The summed E-state index contributed by atoms with van der Waals surface area (Å²) in [6.45, 7) is 2.56. The van der Waals surface area contributed by atoms with Gasteiger partial charge in [0, 0.05) is 33.7 Å². The second kappa shape index (κ2) is 5.59. The van der Waals surface area contributed by atoms with Crippen LogP contribution in [0.1, 0.15) is 32.1 Å². The van der Waals surface area contributed by atoms with Gasteiger partial charge >= 0.3 is 0 Å². The van der Waals surface area contributed by atoms with E-state index in [1.807, 2.05) is 14.1 Å². The Hall–Kier alpha value is -1.26. The van der Waals surface area contributed by atoms with Gasteiger partial charge in [0.1, 0.15) is 0 Å². The Bertz CT molecular complexity index is 332. The van der Waals surface area contributed by atoms with Crippen molar-refractivity contribution in [2.75, 3.05) is 33.7 Å². The molecule has 2 rings (SSSR count). The molecule has 2 N–H and O–H groups in total. The van der Waals surface area contributed by atoms with E-state index in [4.69, 9.17) is 0 Å². The van der Waals surface area contributed by atoms with E-state index in [1.165, 1.54) is 0 Å². The minimum absolute atomic E-state index is 0.217. The third kappa shape index (κ3) is 2.76. The van der Waals surface area contributed by atoms with Crippen molar-refractivity contribution in [2.24, 2.45) is 10.4 Å². The maximum absolute atomic E-state index is 12.4. The predicted molar refractivity (Wildman–Crippen MR) is 72.5 cm³/mol. The second-order valence-corrected chi connectivity index (χ2v) is 5.55. The molecule has 0 atom stereocenters. The number of nitrogens with zero attached hydrogens (tertiary/aromatic N) is 2. The lowest BCUT2D eigenvalue weighted by molar-refractivity contribution is -0.138. The van der Waals surface area contributed by atoms with Crippen LogP contribution in [0.15, 0.2) is 4.99 Å². The Kier molecular flexibility index (Phi) is 4.09. The van der Waals surface area contributed by atoms with Crippen molar-refractivity contribution in [3.05, 3.63) is 0 Å². The number of amides is 1. The average molecular weight is 252 g/mol. The number of aliphatic imine (C=N–C) groups is 1. The standard InChI is InChI=1S/C13H24N4O/c1-17(2)11(18)13(6-3-4-7-13)10-16-12-14-8-5-9-15-12/h3-10H2,1-2H3,(H2,14,15,16). The molecule has 0 aromatic heterocycles. The summed E-state index contributed by atoms with van der Waals surface area (Å²) in [5.74, 6) is 1.11. The molecule has 1 aliphatic carbocycles. The molecule has 0 radical (unpaired) electrons. The summed E-state index contributed by atoms with van der Waals surface area (Å²) in [6, 6.07) is 0. The summed E-state index contributed by atoms with van der Waals surface area (Å²) in [4.78, 5) is 18.5. The van der Waals surface area contributed by atoms with Crippen LogP contribution in [0.25, 0.3) is 0 Å². The smallest absolute Gasteiger partial charge is 0.230 e. The zero-order valence-corrected chi connectivity index (χ0v) is 11.5. The zero-order valence-electron chi connectivity index (χ0n) is 11.5. The number of hydrogen-bond donors (Lipinski definition) is 2. The van der Waals surface area contributed by atoms with E-state index in [0.29, 0.717) is 6.54 Å². The molecule has 0 unspecified atom stereocenters. The Morgan fingerprint density at radius 2 is 2.11 bits per heavy atom. The van der Waals surface area contributed by atoms with Gasteiger partial charge in [-0.05, 0) is 19.3 Å². The fourth-order valence-electron chi connectivity index (χ4n) is 2.90. The highest BCUT2D eigenvalue weighted by molar-refractivity contribution is 5.85. The van der Waals surface area contributed by atoms with Crippen molar-refractivity contribution >= 4 is 11.9 Å². The molecule has 5 nitrogen and oxygen atoms in total. The van der Waals surface area contributed by atoms with Gasteiger partial charge in [0.15, 0.2) is 5.96 Å². The van der Waals surface area contributed by atoms with E-state index >= 15 is 0 Å². The van der Waals surface area contributed by atoms with Crippen LogP contribution in [0.3, 0.4) is 0 Å². The predicted octanol–water partition coefficient (Wildman–Crippen LogP) is 0.574. The SMILES string of the molecule is CN(C)C(=O)C1(CNC2=NCCCN2)CCCC1. The molecule has 0 spiro atoms. The minimum atomic E-state index is -0.217. The van der Waals surface area contributed by atoms with Gasteiger partial charge in [0.2, 0.25) is 5.91 Å². The lowest BCUT2D eigenvalue weighted by Crippen LogP contribution is -2.50. The van der Waals surface area contributed by atoms with Gasteiger partial charge in [0.25, 0.3) is 0 Å². The van der Waals surface area contributed by atoms with Crippen LogP contribution >= 0.6 is 0 Å². The molecule has 0 bridgehead atoms. The summed E-state index contributed by atoms with van der Waals surface area (Å²) in [5.41, 5.74) is -0.217. The molecule has 2 aliphatic rings. The lowest BCUT2D eigenvalue weighted by Gasteiger charge is -2.31. The molecule has 1 amide bonds. The van der Waals surface area contributed by atoms with Gasteiger partial charge in [0.05, 0.1) is 5.41 Å². The summed E-state index contributed by atoms with van der Waals surface area (Å²) in [7, 11) is 3.69. The summed E-state index contributed by atoms with van der Waals surface area (Å²) < 4.78 is 0. The van der Waals surface area contributed by atoms with Crippen LogP contribution in [-0.4, -0.2) is 50.5 Å². The van der Waals surface area contributed by atoms with E-state index in [0.717, 1.165) is 51.2 Å². The van der Waals surface area contributed by atoms with Crippen LogP contribution < -0.4 is 10.6 Å². The minimum Gasteiger partial charge on any atom is -0.356 e. The average Bonchev–Trinajstić information content (AvgIpc) is 2.86. The number of nitrogens with one attached hydrogen (secondary N) is 2. The van der Waals surface area contributed by atoms with Crippen molar-refractivity contribution < 1.29 is 4.79 Å². The zero-order chi connectivity index (χ0) is 13.0. The Morgan fingerprint density at radius 3 is 2.67 bits per heavy atom. The van der Waals surface area contributed by atoms with Crippen molar-refractivity contribution in [3.63, 3.8) is 0 Å². The third-order valence-electron chi connectivity index (χ3n) is 3.91. The topological polar surface area (TPSA) is 56.7 Å². The molecule has 1 fully saturated rings. The van der Waals surface area contributed by atoms with Gasteiger partial charge in [-0.15, -0.1) is 0 Å². The van der Waals surface area contributed by atoms with Crippen molar-refractivity contribution in [1.82, 2.24) is 15.5 Å². The van der Waals surface area contributed by atoms with E-state index in [1.54, 1.807) is 4.90 Å². The number of carbonyl (C=O) groups excluding carboxylic acids is 1. The quantitative estimate of drug-likeness (QED) is 0.772. The molecule has 18 heavy (non-hydrogen) atoms. The number of rotatable bonds is 3. The number of hydrogen-bond acceptors (Lipinski definition) is 4. The molecule has 5 heteroatoms. The molecular formula is C13H24N4O. The fourth-order valence-corrected chi connectivity index (χ4v) is 2.90. The molecule has 102 valence electrons. The monoisotopic (exact) mass is 252 g/mol. The highest BCUT2D eigenvalue weighted by Gasteiger charge is 2.42. The maximum atomic E-state index is 12.4. The molecule has 0 aromatic rings. The van der Waals surface area contributed by atoms with Gasteiger partial charge in [-0.3, -0.25) is 9.79 Å². The first-order valence-corrected chi connectivity index (χ1v) is 6.88. The fraction of sp³-hybridized carbons (Fsp3) is 0.846. The maximum Gasteiger partial charge on any atom is 0.230 e. The third-order valence-corrected chi connectivity index (χ3v) is 3.91. The van der Waals surface area contributed by atoms with Crippen LogP contribution in [0.5, 0.6) is 0 Å². The molecular weight excluding hydrogens is 228 g/mol. The van der Waals surface area contributed by atoms with Crippen LogP contribution in [-0.2, 0) is 4.79 Å². The summed E-state index contributed by atoms with van der Waals surface area (Å²) >= 11 is 0. The first-order valence-electron chi connectivity index (χ1n) is 6.88. The molecule has 1 saturated carbocycles. The second-order valence-electron chi connectivity index (χ2n) is 5.55. The number of guanidine groups is 1. The van der Waals surface area contributed by atoms with Crippen LogP contribution in [0, 0.1) is 5.41 Å². The van der Waals surface area contributed by atoms with Gasteiger partial charge in [-0.25, -0.2) is 0 Å². The van der Waals surface area contributed by atoms with E-state index in [2.05, 4.69) is 15.6 Å². The first-order chi connectivity index (χ1) is 8.64. The molecule has 0 aromatic carbocycles. The van der Waals surface area contributed by atoms with E-state index in [-0.39, 0.29) is 11.3 Å². The highest BCUT2D eigenvalue weighted by Crippen LogP contribution is 2.38. The Balaban J connectivity index is 1.98. The Morgan fingerprint density at radius 1 is 1.39 bits per heavy atom. The first kappa shape index (κ1) is 13.2. The van der Waals surface area contributed by atoms with E-state index in [9.17, 15) is 4.79 Å². The summed E-state index contributed by atoms with van der Waals surface area (Å²) in [6.07, 6.45) is 5.38. The lowest BCUT2D eigenvalue weighted by atomic mass is 9.84. The largest absolute Gasteiger partial charge is 0.356 e. The van der Waals surface area contributed by atoms with Crippen LogP contribution in [0.2, 0.25) is 0 Å². The van der Waals surface area contributed by atoms with Crippen molar-refractivity contribution in [1.29, 1.82) is 0 Å². The normalized spacial score (nSPS) is 22.0. The van der Waals surface area contributed by atoms with Gasteiger partial charge < -0.3 is 15.5 Å². The molecule has 1 heterocycles. The summed E-state index contributed by atoms with van der Waals surface area (Å²) in [5, 5.41) is 6.57. The van der Waals surface area contributed by atoms with Crippen molar-refractivity contribution in [3.8, 4) is 0 Å². The Labute approximate surface area is 109 Å².